The molecule has 17 heavy (non-hydrogen) atoms. The molecule has 0 saturated carbocycles. The maximum Gasteiger partial charge on any atom is 0.212 e. The molecular formula is C11H18N2O3S. The molecule has 0 aromatic heterocycles. The van der Waals surface area contributed by atoms with Gasteiger partial charge in [-0.05, 0) is 24.6 Å². The van der Waals surface area contributed by atoms with Crippen LogP contribution in [0.25, 0.3) is 0 Å². The van der Waals surface area contributed by atoms with Gasteiger partial charge in [-0.2, -0.15) is 0 Å². The third-order valence-corrected chi connectivity index (χ3v) is 3.49. The van der Waals surface area contributed by atoms with E-state index in [1.807, 2.05) is 31.2 Å². The Labute approximate surface area is 102 Å². The smallest absolute Gasteiger partial charge is 0.212 e. The molecule has 0 aliphatic carbocycles. The number of hydrogen-bond acceptors (Lipinski definition) is 4. The number of nitrogens with two attached hydrogens (primary N) is 1. The summed E-state index contributed by atoms with van der Waals surface area (Å²) in [7, 11) is -3.25. The molecule has 6 heteroatoms. The summed E-state index contributed by atoms with van der Waals surface area (Å²) < 4.78 is 30.3. The van der Waals surface area contributed by atoms with Crippen molar-refractivity contribution in [2.45, 2.75) is 6.92 Å². The van der Waals surface area contributed by atoms with Crippen molar-refractivity contribution in [3.05, 3.63) is 29.8 Å². The molecule has 0 aliphatic rings. The first-order valence-corrected chi connectivity index (χ1v) is 7.05. The molecule has 1 aromatic rings. The summed E-state index contributed by atoms with van der Waals surface area (Å²) >= 11 is 0. The summed E-state index contributed by atoms with van der Waals surface area (Å²) in [5.74, 6) is 0.681. The second-order valence-corrected chi connectivity index (χ2v) is 5.59. The standard InChI is InChI=1S/C11H18N2O3S/c1-10-3-2-4-11(9-10)16-7-6-13-17(14,15)8-5-12/h2-4,9,13H,5-8,12H2,1H3. The van der Waals surface area contributed by atoms with Gasteiger partial charge in [-0.15, -0.1) is 0 Å². The van der Waals surface area contributed by atoms with Crippen LogP contribution in [0.5, 0.6) is 5.75 Å². The predicted molar refractivity (Wildman–Crippen MR) is 67.5 cm³/mol. The summed E-state index contributed by atoms with van der Waals surface area (Å²) in [5, 5.41) is 0. The highest BCUT2D eigenvalue weighted by Crippen LogP contribution is 2.11. The van der Waals surface area contributed by atoms with E-state index in [1.165, 1.54) is 0 Å². The van der Waals surface area contributed by atoms with Crippen LogP contribution in [-0.4, -0.2) is 33.9 Å². The lowest BCUT2D eigenvalue weighted by atomic mass is 10.2. The van der Waals surface area contributed by atoms with Crippen LogP contribution in [0.2, 0.25) is 0 Å². The van der Waals surface area contributed by atoms with E-state index in [0.717, 1.165) is 11.3 Å². The Kier molecular flexibility index (Phi) is 5.40. The van der Waals surface area contributed by atoms with Gasteiger partial charge < -0.3 is 10.5 Å². The Morgan fingerprint density at radius 2 is 2.18 bits per heavy atom. The number of aryl methyl sites for hydroxylation is 1. The van der Waals surface area contributed by atoms with Crippen molar-refractivity contribution in [3.63, 3.8) is 0 Å². The van der Waals surface area contributed by atoms with E-state index in [-0.39, 0.29) is 18.8 Å². The maximum atomic E-state index is 11.2. The first-order valence-electron chi connectivity index (χ1n) is 5.40. The topological polar surface area (TPSA) is 81.4 Å². The fourth-order valence-electron chi connectivity index (χ4n) is 1.30. The Balaban J connectivity index is 2.29. The van der Waals surface area contributed by atoms with Crippen LogP contribution in [0.4, 0.5) is 0 Å². The van der Waals surface area contributed by atoms with Crippen molar-refractivity contribution in [1.29, 1.82) is 0 Å². The molecule has 96 valence electrons. The van der Waals surface area contributed by atoms with E-state index in [0.29, 0.717) is 6.61 Å². The quantitative estimate of drug-likeness (QED) is 0.687. The highest BCUT2D eigenvalue weighted by Gasteiger charge is 2.07. The molecule has 1 aromatic carbocycles. The molecule has 0 spiro atoms. The lowest BCUT2D eigenvalue weighted by molar-refractivity contribution is 0.322. The molecule has 0 unspecified atom stereocenters. The Morgan fingerprint density at radius 1 is 1.41 bits per heavy atom. The summed E-state index contributed by atoms with van der Waals surface area (Å²) in [6.07, 6.45) is 0. The molecule has 0 amide bonds. The summed E-state index contributed by atoms with van der Waals surface area (Å²) in [4.78, 5) is 0. The second-order valence-electron chi connectivity index (χ2n) is 3.67. The molecule has 0 fully saturated rings. The largest absolute Gasteiger partial charge is 0.492 e. The van der Waals surface area contributed by atoms with Gasteiger partial charge in [0.15, 0.2) is 0 Å². The molecule has 0 saturated heterocycles. The Bertz CT molecular complexity index is 446. The van der Waals surface area contributed by atoms with Crippen molar-refractivity contribution < 1.29 is 13.2 Å². The average Bonchev–Trinajstić information content (AvgIpc) is 2.24. The van der Waals surface area contributed by atoms with Crippen LogP contribution in [0.15, 0.2) is 24.3 Å². The fraction of sp³-hybridized carbons (Fsp3) is 0.455. The first-order chi connectivity index (χ1) is 8.03. The molecule has 1 rings (SSSR count). The molecule has 0 heterocycles. The third kappa shape index (κ3) is 5.67. The second kappa shape index (κ2) is 6.58. The van der Waals surface area contributed by atoms with Crippen LogP contribution in [0.1, 0.15) is 5.56 Å². The minimum Gasteiger partial charge on any atom is -0.492 e. The fourth-order valence-corrected chi connectivity index (χ4v) is 2.15. The number of benzene rings is 1. The SMILES string of the molecule is Cc1cccc(OCCNS(=O)(=O)CCN)c1. The van der Waals surface area contributed by atoms with Crippen molar-refractivity contribution in [3.8, 4) is 5.75 Å². The van der Waals surface area contributed by atoms with Crippen LogP contribution < -0.4 is 15.2 Å². The number of sulfonamides is 1. The van der Waals surface area contributed by atoms with Gasteiger partial charge in [0, 0.05) is 13.1 Å². The zero-order valence-corrected chi connectivity index (χ0v) is 10.7. The summed E-state index contributed by atoms with van der Waals surface area (Å²) in [5.41, 5.74) is 6.28. The van der Waals surface area contributed by atoms with Gasteiger partial charge in [0.1, 0.15) is 12.4 Å². The molecule has 0 aliphatic heterocycles. The number of nitrogens with one attached hydrogen (secondary N) is 1. The predicted octanol–water partition coefficient (Wildman–Crippen LogP) is 0.252. The minimum absolute atomic E-state index is 0.0581. The van der Waals surface area contributed by atoms with Gasteiger partial charge in [-0.25, -0.2) is 13.1 Å². The number of hydrogen-bond donors (Lipinski definition) is 2. The third-order valence-electron chi connectivity index (χ3n) is 2.07. The normalized spacial score (nSPS) is 11.4. The molecule has 5 nitrogen and oxygen atoms in total. The van der Waals surface area contributed by atoms with Crippen LogP contribution in [0.3, 0.4) is 0 Å². The van der Waals surface area contributed by atoms with Gasteiger partial charge in [0.25, 0.3) is 0 Å². The van der Waals surface area contributed by atoms with Crippen LogP contribution >= 0.6 is 0 Å². The zero-order valence-electron chi connectivity index (χ0n) is 9.85. The number of rotatable bonds is 7. The van der Waals surface area contributed by atoms with Crippen LogP contribution in [0, 0.1) is 6.92 Å². The van der Waals surface area contributed by atoms with E-state index >= 15 is 0 Å². The molecule has 0 atom stereocenters. The monoisotopic (exact) mass is 258 g/mol. The summed E-state index contributed by atoms with van der Waals surface area (Å²) in [6, 6.07) is 7.59. The van der Waals surface area contributed by atoms with Gasteiger partial charge in [-0.3, -0.25) is 0 Å². The number of ether oxygens (including phenoxy) is 1. The molecule has 3 N–H and O–H groups in total. The van der Waals surface area contributed by atoms with E-state index in [2.05, 4.69) is 4.72 Å². The maximum absolute atomic E-state index is 11.2. The first kappa shape index (κ1) is 14.0. The highest BCUT2D eigenvalue weighted by atomic mass is 32.2. The van der Waals surface area contributed by atoms with Crippen LogP contribution in [-0.2, 0) is 10.0 Å². The van der Waals surface area contributed by atoms with Gasteiger partial charge >= 0.3 is 0 Å². The lowest BCUT2D eigenvalue weighted by Crippen LogP contribution is -2.32. The molecule has 0 bridgehead atoms. The highest BCUT2D eigenvalue weighted by molar-refractivity contribution is 7.89. The van der Waals surface area contributed by atoms with E-state index < -0.39 is 10.0 Å². The molecular weight excluding hydrogens is 240 g/mol. The molecule has 0 radical (unpaired) electrons. The van der Waals surface area contributed by atoms with Gasteiger partial charge in [0.2, 0.25) is 10.0 Å². The lowest BCUT2D eigenvalue weighted by Gasteiger charge is -2.08. The average molecular weight is 258 g/mol. The van der Waals surface area contributed by atoms with E-state index in [1.54, 1.807) is 0 Å². The summed E-state index contributed by atoms with van der Waals surface area (Å²) in [6.45, 7) is 2.63. The van der Waals surface area contributed by atoms with Crippen molar-refractivity contribution >= 4 is 10.0 Å². The van der Waals surface area contributed by atoms with Gasteiger partial charge in [0.05, 0.1) is 5.75 Å². The Morgan fingerprint density at radius 3 is 2.82 bits per heavy atom. The zero-order chi connectivity index (χ0) is 12.7. The van der Waals surface area contributed by atoms with Crippen molar-refractivity contribution in [2.75, 3.05) is 25.4 Å². The Hall–Kier alpha value is -1.11. The van der Waals surface area contributed by atoms with E-state index in [9.17, 15) is 8.42 Å². The minimum atomic E-state index is -3.25. The van der Waals surface area contributed by atoms with Crippen molar-refractivity contribution in [1.82, 2.24) is 4.72 Å². The van der Waals surface area contributed by atoms with Gasteiger partial charge in [-0.1, -0.05) is 12.1 Å². The van der Waals surface area contributed by atoms with Crippen molar-refractivity contribution in [2.24, 2.45) is 5.73 Å². The van der Waals surface area contributed by atoms with E-state index in [4.69, 9.17) is 10.5 Å².